The van der Waals surface area contributed by atoms with Crippen molar-refractivity contribution in [3.8, 4) is 11.5 Å². The molecule has 0 aromatic heterocycles. The summed E-state index contributed by atoms with van der Waals surface area (Å²) in [5.74, 6) is 0.494. The average Bonchev–Trinajstić information content (AvgIpc) is 2.80. The number of aromatic hydroxyl groups is 2. The SMILES string of the molecule is CC(C)(c1ccccc1)c1ccc(C(C)(c2ccc(O)cc2)c2ccc(O)cc2)cc1. The molecule has 4 aromatic carbocycles. The van der Waals surface area contributed by atoms with Crippen LogP contribution in [0.15, 0.2) is 103 Å². The standard InChI is InChI=1S/C29H28O2/c1-28(2,21-7-5-4-6-8-21)22-9-11-23(12-10-22)29(3,24-13-17-26(30)18-14-24)25-15-19-27(31)20-16-25/h4-20,30-31H,1-3H3. The van der Waals surface area contributed by atoms with Crippen LogP contribution in [-0.2, 0) is 10.8 Å². The summed E-state index contributed by atoms with van der Waals surface area (Å²) in [6.07, 6.45) is 0. The summed E-state index contributed by atoms with van der Waals surface area (Å²) in [4.78, 5) is 0. The van der Waals surface area contributed by atoms with Crippen molar-refractivity contribution in [2.75, 3.05) is 0 Å². The first-order valence-corrected chi connectivity index (χ1v) is 10.6. The number of phenols is 2. The smallest absolute Gasteiger partial charge is 0.115 e. The van der Waals surface area contributed by atoms with E-state index >= 15 is 0 Å². The predicted octanol–water partition coefficient (Wildman–Crippen LogP) is 6.78. The van der Waals surface area contributed by atoms with Crippen molar-refractivity contribution in [3.05, 3.63) is 131 Å². The summed E-state index contributed by atoms with van der Waals surface area (Å²) in [5, 5.41) is 19.6. The van der Waals surface area contributed by atoms with E-state index in [0.29, 0.717) is 0 Å². The van der Waals surface area contributed by atoms with Gasteiger partial charge in [0, 0.05) is 10.8 Å². The Morgan fingerprint density at radius 1 is 0.419 bits per heavy atom. The first kappa shape index (κ1) is 20.7. The maximum Gasteiger partial charge on any atom is 0.115 e. The molecule has 0 aliphatic carbocycles. The van der Waals surface area contributed by atoms with Crippen LogP contribution < -0.4 is 0 Å². The quantitative estimate of drug-likeness (QED) is 0.357. The van der Waals surface area contributed by atoms with E-state index in [9.17, 15) is 10.2 Å². The lowest BCUT2D eigenvalue weighted by Gasteiger charge is -2.33. The predicted molar refractivity (Wildman–Crippen MR) is 127 cm³/mol. The summed E-state index contributed by atoms with van der Waals surface area (Å²) >= 11 is 0. The third-order valence-electron chi connectivity index (χ3n) is 6.57. The van der Waals surface area contributed by atoms with Gasteiger partial charge in [0.1, 0.15) is 11.5 Å². The second-order valence-electron chi connectivity index (χ2n) is 8.79. The fourth-order valence-electron chi connectivity index (χ4n) is 4.33. The normalized spacial score (nSPS) is 12.0. The maximum atomic E-state index is 9.80. The summed E-state index contributed by atoms with van der Waals surface area (Å²) in [7, 11) is 0. The van der Waals surface area contributed by atoms with Crippen molar-refractivity contribution < 1.29 is 10.2 Å². The monoisotopic (exact) mass is 408 g/mol. The Bertz CT molecular complexity index is 1090. The number of hydrogen-bond donors (Lipinski definition) is 2. The van der Waals surface area contributed by atoms with E-state index in [1.807, 2.05) is 30.3 Å². The minimum atomic E-state index is -0.434. The lowest BCUT2D eigenvalue weighted by atomic mass is 9.70. The highest BCUT2D eigenvalue weighted by atomic mass is 16.3. The van der Waals surface area contributed by atoms with E-state index in [1.165, 1.54) is 11.1 Å². The molecule has 0 spiro atoms. The van der Waals surface area contributed by atoms with Crippen LogP contribution in [0.2, 0.25) is 0 Å². The molecule has 0 amide bonds. The lowest BCUT2D eigenvalue weighted by molar-refractivity contribution is 0.474. The minimum Gasteiger partial charge on any atom is -0.508 e. The summed E-state index contributed by atoms with van der Waals surface area (Å²) < 4.78 is 0. The molecule has 0 bridgehead atoms. The number of benzene rings is 4. The molecule has 31 heavy (non-hydrogen) atoms. The second-order valence-corrected chi connectivity index (χ2v) is 8.79. The molecule has 0 atom stereocenters. The minimum absolute atomic E-state index is 0.104. The molecule has 2 N–H and O–H groups in total. The summed E-state index contributed by atoms with van der Waals surface area (Å²) in [6.45, 7) is 6.68. The van der Waals surface area contributed by atoms with Crippen molar-refractivity contribution in [1.29, 1.82) is 0 Å². The molecule has 4 rings (SSSR count). The van der Waals surface area contributed by atoms with Gasteiger partial charge in [-0.15, -0.1) is 0 Å². The topological polar surface area (TPSA) is 40.5 Å². The van der Waals surface area contributed by atoms with Crippen LogP contribution in [0.4, 0.5) is 0 Å². The molecule has 0 fully saturated rings. The zero-order valence-electron chi connectivity index (χ0n) is 18.2. The molecule has 0 unspecified atom stereocenters. The van der Waals surface area contributed by atoms with E-state index < -0.39 is 5.41 Å². The Labute approximate surface area is 184 Å². The first-order chi connectivity index (χ1) is 14.8. The zero-order chi connectivity index (χ0) is 22.1. The van der Waals surface area contributed by atoms with Crippen LogP contribution >= 0.6 is 0 Å². The Morgan fingerprint density at radius 2 is 0.742 bits per heavy atom. The van der Waals surface area contributed by atoms with Gasteiger partial charge in [0.25, 0.3) is 0 Å². The van der Waals surface area contributed by atoms with Crippen molar-refractivity contribution in [2.45, 2.75) is 31.6 Å². The fourth-order valence-corrected chi connectivity index (χ4v) is 4.33. The largest absolute Gasteiger partial charge is 0.508 e. The molecular weight excluding hydrogens is 380 g/mol. The van der Waals surface area contributed by atoms with E-state index in [1.54, 1.807) is 24.3 Å². The highest BCUT2D eigenvalue weighted by molar-refractivity contribution is 5.52. The Kier molecular flexibility index (Phi) is 5.32. The van der Waals surface area contributed by atoms with Gasteiger partial charge in [-0.2, -0.15) is 0 Å². The average molecular weight is 409 g/mol. The Morgan fingerprint density at radius 3 is 1.16 bits per heavy atom. The molecule has 0 saturated heterocycles. The number of rotatable bonds is 5. The molecule has 156 valence electrons. The highest BCUT2D eigenvalue weighted by Gasteiger charge is 2.32. The molecule has 0 saturated carbocycles. The molecule has 4 aromatic rings. The van der Waals surface area contributed by atoms with Gasteiger partial charge in [0.2, 0.25) is 0 Å². The van der Waals surface area contributed by atoms with Crippen LogP contribution in [0.1, 0.15) is 48.6 Å². The van der Waals surface area contributed by atoms with Gasteiger partial charge in [-0.1, -0.05) is 92.7 Å². The van der Waals surface area contributed by atoms with E-state index in [2.05, 4.69) is 69.3 Å². The summed E-state index contributed by atoms with van der Waals surface area (Å²) in [6, 6.07) is 34.1. The zero-order valence-corrected chi connectivity index (χ0v) is 18.2. The van der Waals surface area contributed by atoms with Gasteiger partial charge in [0.15, 0.2) is 0 Å². The van der Waals surface area contributed by atoms with E-state index in [-0.39, 0.29) is 16.9 Å². The van der Waals surface area contributed by atoms with Crippen molar-refractivity contribution >= 4 is 0 Å². The molecule has 0 heterocycles. The van der Waals surface area contributed by atoms with Crippen LogP contribution in [0.25, 0.3) is 0 Å². The Hall–Kier alpha value is -3.52. The van der Waals surface area contributed by atoms with Crippen molar-refractivity contribution in [2.24, 2.45) is 0 Å². The molecule has 0 aliphatic rings. The van der Waals surface area contributed by atoms with Gasteiger partial charge < -0.3 is 10.2 Å². The van der Waals surface area contributed by atoms with Gasteiger partial charge in [0.05, 0.1) is 0 Å². The maximum absolute atomic E-state index is 9.80. The van der Waals surface area contributed by atoms with Crippen molar-refractivity contribution in [3.63, 3.8) is 0 Å². The van der Waals surface area contributed by atoms with Crippen molar-refractivity contribution in [1.82, 2.24) is 0 Å². The van der Waals surface area contributed by atoms with Crippen LogP contribution in [0, 0.1) is 0 Å². The number of phenolic OH excluding ortho intramolecular Hbond substituents is 2. The van der Waals surface area contributed by atoms with Crippen LogP contribution in [0.3, 0.4) is 0 Å². The van der Waals surface area contributed by atoms with Gasteiger partial charge in [-0.25, -0.2) is 0 Å². The van der Waals surface area contributed by atoms with E-state index in [0.717, 1.165) is 16.7 Å². The molecule has 2 heteroatoms. The van der Waals surface area contributed by atoms with Crippen LogP contribution in [0.5, 0.6) is 11.5 Å². The molecule has 2 nitrogen and oxygen atoms in total. The molecule has 0 aliphatic heterocycles. The first-order valence-electron chi connectivity index (χ1n) is 10.6. The van der Waals surface area contributed by atoms with Crippen LogP contribution in [-0.4, -0.2) is 10.2 Å². The molecule has 0 radical (unpaired) electrons. The molecular formula is C29H28O2. The fraction of sp³-hybridized carbons (Fsp3) is 0.172. The van der Waals surface area contributed by atoms with E-state index in [4.69, 9.17) is 0 Å². The van der Waals surface area contributed by atoms with Gasteiger partial charge >= 0.3 is 0 Å². The highest BCUT2D eigenvalue weighted by Crippen LogP contribution is 2.41. The van der Waals surface area contributed by atoms with Gasteiger partial charge in [-0.05, 0) is 59.0 Å². The van der Waals surface area contributed by atoms with Gasteiger partial charge in [-0.3, -0.25) is 0 Å². The third-order valence-corrected chi connectivity index (χ3v) is 6.57. The third kappa shape index (κ3) is 3.82. The Balaban J connectivity index is 1.81. The second kappa shape index (κ2) is 7.96. The lowest BCUT2D eigenvalue weighted by Crippen LogP contribution is -2.26. The summed E-state index contributed by atoms with van der Waals surface area (Å²) in [5.41, 5.74) is 5.29. The number of hydrogen-bond acceptors (Lipinski definition) is 2.